The third kappa shape index (κ3) is 4.49. The highest BCUT2D eigenvalue weighted by Crippen LogP contribution is 2.32. The van der Waals surface area contributed by atoms with Crippen molar-refractivity contribution < 1.29 is 14.3 Å². The van der Waals surface area contributed by atoms with Gasteiger partial charge in [-0.1, -0.05) is 25.0 Å². The summed E-state index contributed by atoms with van der Waals surface area (Å²) in [6.45, 7) is 0.766. The summed E-state index contributed by atoms with van der Waals surface area (Å²) in [4.78, 5) is 14.9. The van der Waals surface area contributed by atoms with Gasteiger partial charge in [0.1, 0.15) is 5.75 Å². The fourth-order valence-electron chi connectivity index (χ4n) is 3.32. The van der Waals surface area contributed by atoms with Gasteiger partial charge in [-0.05, 0) is 48.4 Å². The first kappa shape index (κ1) is 18.6. The second-order valence-electron chi connectivity index (χ2n) is 6.38. The Labute approximate surface area is 158 Å². The van der Waals surface area contributed by atoms with Crippen molar-refractivity contribution in [2.24, 2.45) is 0 Å². The third-order valence-electron chi connectivity index (χ3n) is 4.71. The van der Waals surface area contributed by atoms with Crippen LogP contribution in [0.4, 0.5) is 0 Å². The van der Waals surface area contributed by atoms with Gasteiger partial charge in [-0.3, -0.25) is 4.79 Å². The molecule has 5 nitrogen and oxygen atoms in total. The number of amides is 1. The zero-order valence-electron chi connectivity index (χ0n) is 15.0. The maximum absolute atomic E-state index is 12.9. The van der Waals surface area contributed by atoms with Crippen LogP contribution in [0.2, 0.25) is 0 Å². The van der Waals surface area contributed by atoms with Crippen LogP contribution in [0.15, 0.2) is 53.7 Å². The fourth-order valence-corrected chi connectivity index (χ4v) is 4.12. The average Bonchev–Trinajstić information content (AvgIpc) is 2.93. The van der Waals surface area contributed by atoms with Crippen LogP contribution in [-0.2, 0) is 4.79 Å². The number of benzene rings is 1. The van der Waals surface area contributed by atoms with Gasteiger partial charge >= 0.3 is 0 Å². The van der Waals surface area contributed by atoms with Gasteiger partial charge in [0.15, 0.2) is 6.20 Å². The first-order valence-corrected chi connectivity index (χ1v) is 9.92. The van der Waals surface area contributed by atoms with Gasteiger partial charge in [-0.2, -0.15) is 4.73 Å². The average molecular weight is 372 g/mol. The number of hydrogen-bond donors (Lipinski definition) is 0. The molecule has 3 rings (SSSR count). The second kappa shape index (κ2) is 8.94. The molecule has 1 aliphatic rings. The number of methoxy groups -OCH3 is 1. The maximum Gasteiger partial charge on any atom is 0.251 e. The van der Waals surface area contributed by atoms with Gasteiger partial charge in [0, 0.05) is 18.7 Å². The standard InChI is InChI=1S/C20H24N2O3S/c1-25-17-11-9-16(10-12-17)18-7-3-2-5-13-21(18)19(23)15-26-20-8-4-6-14-22(20)24/h4,6,8-12,14,18H,2-3,5,7,13,15H2,1H3/t18-/m0/s1. The summed E-state index contributed by atoms with van der Waals surface area (Å²) in [5.41, 5.74) is 1.14. The topological polar surface area (TPSA) is 56.5 Å². The zero-order chi connectivity index (χ0) is 18.4. The van der Waals surface area contributed by atoms with E-state index in [0.29, 0.717) is 5.03 Å². The molecular weight excluding hydrogens is 348 g/mol. The summed E-state index contributed by atoms with van der Waals surface area (Å²) in [5.74, 6) is 1.18. The molecule has 6 heteroatoms. The minimum absolute atomic E-state index is 0.0848. The summed E-state index contributed by atoms with van der Waals surface area (Å²) >= 11 is 1.30. The van der Waals surface area contributed by atoms with Gasteiger partial charge in [0.05, 0.1) is 18.9 Å². The highest BCUT2D eigenvalue weighted by molar-refractivity contribution is 7.99. The highest BCUT2D eigenvalue weighted by atomic mass is 32.2. The van der Waals surface area contributed by atoms with E-state index in [1.807, 2.05) is 35.2 Å². The van der Waals surface area contributed by atoms with Crippen LogP contribution in [0.25, 0.3) is 0 Å². The number of likely N-dealkylation sites (tertiary alicyclic amines) is 1. The summed E-state index contributed by atoms with van der Waals surface area (Å²) in [6.07, 6.45) is 5.71. The van der Waals surface area contributed by atoms with Crippen LogP contribution in [0, 0.1) is 5.21 Å². The summed E-state index contributed by atoms with van der Waals surface area (Å²) < 4.78 is 6.05. The molecule has 1 aromatic carbocycles. The Morgan fingerprint density at radius 3 is 2.77 bits per heavy atom. The van der Waals surface area contributed by atoms with Crippen molar-refractivity contribution in [1.29, 1.82) is 0 Å². The number of carbonyl (C=O) groups is 1. The predicted octanol–water partition coefficient (Wildman–Crippen LogP) is 3.56. The molecule has 0 N–H and O–H groups in total. The first-order chi connectivity index (χ1) is 12.7. The van der Waals surface area contributed by atoms with Gasteiger partial charge < -0.3 is 14.8 Å². The molecule has 1 saturated heterocycles. The summed E-state index contributed by atoms with van der Waals surface area (Å²) in [5, 5.41) is 12.3. The fraction of sp³-hybridized carbons (Fsp3) is 0.400. The maximum atomic E-state index is 12.9. The van der Waals surface area contributed by atoms with Crippen molar-refractivity contribution in [2.75, 3.05) is 19.4 Å². The van der Waals surface area contributed by atoms with Crippen molar-refractivity contribution in [3.8, 4) is 5.75 Å². The molecule has 138 valence electrons. The monoisotopic (exact) mass is 372 g/mol. The SMILES string of the molecule is COc1ccc([C@@H]2CCCCCN2C(=O)CSc2cccc[n+]2[O-])cc1. The molecule has 0 aliphatic carbocycles. The molecule has 1 aromatic heterocycles. The lowest BCUT2D eigenvalue weighted by Crippen LogP contribution is -2.36. The van der Waals surface area contributed by atoms with E-state index in [4.69, 9.17) is 4.74 Å². The van der Waals surface area contributed by atoms with E-state index >= 15 is 0 Å². The Kier molecular flexibility index (Phi) is 6.39. The Morgan fingerprint density at radius 2 is 2.04 bits per heavy atom. The quantitative estimate of drug-likeness (QED) is 0.457. The second-order valence-corrected chi connectivity index (χ2v) is 7.37. The van der Waals surface area contributed by atoms with Crippen LogP contribution in [0.3, 0.4) is 0 Å². The summed E-state index contributed by atoms with van der Waals surface area (Å²) in [6, 6.07) is 13.3. The zero-order valence-corrected chi connectivity index (χ0v) is 15.8. The minimum atomic E-state index is 0.0848. The van der Waals surface area contributed by atoms with Crippen molar-refractivity contribution in [3.05, 3.63) is 59.4 Å². The molecule has 26 heavy (non-hydrogen) atoms. The molecule has 1 aliphatic heterocycles. The van der Waals surface area contributed by atoms with Crippen molar-refractivity contribution >= 4 is 17.7 Å². The smallest absolute Gasteiger partial charge is 0.251 e. The number of aromatic nitrogens is 1. The number of carbonyl (C=O) groups excluding carboxylic acids is 1. The minimum Gasteiger partial charge on any atom is -0.618 e. The largest absolute Gasteiger partial charge is 0.618 e. The molecule has 0 spiro atoms. The Hall–Kier alpha value is -2.21. The number of thioether (sulfide) groups is 1. The van der Waals surface area contributed by atoms with E-state index in [-0.39, 0.29) is 17.7 Å². The lowest BCUT2D eigenvalue weighted by Gasteiger charge is -2.30. The van der Waals surface area contributed by atoms with E-state index in [0.717, 1.165) is 48.3 Å². The van der Waals surface area contributed by atoms with Gasteiger partial charge in [0.25, 0.3) is 5.03 Å². The molecule has 2 aromatic rings. The molecule has 1 atom stereocenters. The van der Waals surface area contributed by atoms with Crippen molar-refractivity contribution in [1.82, 2.24) is 4.90 Å². The van der Waals surface area contributed by atoms with Gasteiger partial charge in [-0.15, -0.1) is 0 Å². The first-order valence-electron chi connectivity index (χ1n) is 8.93. The Morgan fingerprint density at radius 1 is 1.23 bits per heavy atom. The van der Waals surface area contributed by atoms with Crippen LogP contribution in [0.5, 0.6) is 5.75 Å². The highest BCUT2D eigenvalue weighted by Gasteiger charge is 2.27. The van der Waals surface area contributed by atoms with E-state index in [1.165, 1.54) is 18.0 Å². The van der Waals surface area contributed by atoms with E-state index in [2.05, 4.69) is 0 Å². The van der Waals surface area contributed by atoms with E-state index in [1.54, 1.807) is 19.2 Å². The molecular formula is C20H24N2O3S. The molecule has 0 bridgehead atoms. The van der Waals surface area contributed by atoms with E-state index < -0.39 is 0 Å². The molecule has 1 fully saturated rings. The van der Waals surface area contributed by atoms with Crippen molar-refractivity contribution in [2.45, 2.75) is 36.8 Å². The van der Waals surface area contributed by atoms with Crippen LogP contribution >= 0.6 is 11.8 Å². The molecule has 1 amide bonds. The molecule has 2 heterocycles. The van der Waals surface area contributed by atoms with Gasteiger partial charge in [-0.25, -0.2) is 0 Å². The lowest BCUT2D eigenvalue weighted by molar-refractivity contribution is -0.645. The molecule has 0 saturated carbocycles. The van der Waals surface area contributed by atoms with E-state index in [9.17, 15) is 10.0 Å². The number of hydrogen-bond acceptors (Lipinski definition) is 4. The van der Waals surface area contributed by atoms with Crippen molar-refractivity contribution in [3.63, 3.8) is 0 Å². The predicted molar refractivity (Wildman–Crippen MR) is 102 cm³/mol. The number of rotatable bonds is 5. The van der Waals surface area contributed by atoms with Crippen LogP contribution < -0.4 is 9.47 Å². The lowest BCUT2D eigenvalue weighted by atomic mass is 10.0. The number of ether oxygens (including phenoxy) is 1. The third-order valence-corrected chi connectivity index (χ3v) is 5.71. The van der Waals surface area contributed by atoms with Crippen LogP contribution in [-0.4, -0.2) is 30.2 Å². The number of pyridine rings is 1. The Balaban J connectivity index is 1.73. The Bertz CT molecular complexity index is 736. The normalized spacial score (nSPS) is 17.6. The van der Waals surface area contributed by atoms with Gasteiger partial charge in [0.2, 0.25) is 5.91 Å². The molecule has 0 unspecified atom stereocenters. The van der Waals surface area contributed by atoms with Crippen LogP contribution in [0.1, 0.15) is 37.3 Å². The molecule has 0 radical (unpaired) electrons. The number of nitrogens with zero attached hydrogens (tertiary/aromatic N) is 2. The summed E-state index contributed by atoms with van der Waals surface area (Å²) in [7, 11) is 1.65.